The van der Waals surface area contributed by atoms with E-state index in [0.717, 1.165) is 25.9 Å². The Hall–Kier alpha value is -2.65. The maximum Gasteiger partial charge on any atom is 0.251 e. The summed E-state index contributed by atoms with van der Waals surface area (Å²) in [5, 5.41) is 0. The highest BCUT2D eigenvalue weighted by molar-refractivity contribution is 6.22. The molecule has 1 aromatic carbocycles. The highest BCUT2D eigenvalue weighted by atomic mass is 16.7. The lowest BCUT2D eigenvalue weighted by Gasteiger charge is -2.48. The number of piperidine rings is 2. The lowest BCUT2D eigenvalue weighted by Crippen LogP contribution is -2.64. The minimum absolute atomic E-state index is 0.135. The molecule has 31 heavy (non-hydrogen) atoms. The molecular weight excluding hydrogens is 400 g/mol. The van der Waals surface area contributed by atoms with Crippen LogP contribution in [0.5, 0.6) is 11.5 Å². The number of carbonyl (C=O) groups excluding carboxylic acids is 3. The zero-order valence-corrected chi connectivity index (χ0v) is 17.5. The van der Waals surface area contributed by atoms with E-state index in [1.165, 1.54) is 11.3 Å². The summed E-state index contributed by atoms with van der Waals surface area (Å²) >= 11 is 0. The van der Waals surface area contributed by atoms with Gasteiger partial charge in [0.25, 0.3) is 5.91 Å². The van der Waals surface area contributed by atoms with Gasteiger partial charge in [-0.05, 0) is 50.9 Å². The molecule has 9 nitrogen and oxygen atoms in total. The summed E-state index contributed by atoms with van der Waals surface area (Å²) in [6.07, 6.45) is 4.67. The van der Waals surface area contributed by atoms with Gasteiger partial charge in [0, 0.05) is 19.2 Å². The maximum atomic E-state index is 13.2. The van der Waals surface area contributed by atoms with Gasteiger partial charge < -0.3 is 15.2 Å². The molecule has 0 radical (unpaired) electrons. The number of anilines is 1. The molecule has 0 unspecified atom stereocenters. The first-order chi connectivity index (χ1) is 15.0. The van der Waals surface area contributed by atoms with Crippen molar-refractivity contribution in [3.63, 3.8) is 0 Å². The average molecular weight is 428 g/mol. The van der Waals surface area contributed by atoms with Crippen LogP contribution in [0.15, 0.2) is 18.2 Å². The molecule has 0 bridgehead atoms. The zero-order chi connectivity index (χ0) is 21.6. The summed E-state index contributed by atoms with van der Waals surface area (Å²) in [4.78, 5) is 43.9. The van der Waals surface area contributed by atoms with Crippen LogP contribution in [0.4, 0.5) is 5.69 Å². The molecule has 1 atom stereocenters. The molecule has 0 saturated carbocycles. The molecule has 2 N–H and O–H groups in total. The highest BCUT2D eigenvalue weighted by Gasteiger charge is 2.49. The monoisotopic (exact) mass is 428 g/mol. The van der Waals surface area contributed by atoms with Crippen molar-refractivity contribution in [2.75, 3.05) is 37.9 Å². The predicted octanol–water partition coefficient (Wildman–Crippen LogP) is 0.853. The van der Waals surface area contributed by atoms with Crippen LogP contribution in [-0.4, -0.2) is 72.1 Å². The number of hydrogen-bond donors (Lipinski definition) is 1. The fraction of sp³-hybridized carbons (Fsp3) is 0.591. The third kappa shape index (κ3) is 3.36. The van der Waals surface area contributed by atoms with E-state index in [1.807, 2.05) is 4.90 Å². The quantitative estimate of drug-likeness (QED) is 0.709. The Kier molecular flexibility index (Phi) is 5.10. The van der Waals surface area contributed by atoms with Crippen molar-refractivity contribution in [2.45, 2.75) is 50.1 Å². The molecule has 3 amide bonds. The fourth-order valence-electron chi connectivity index (χ4n) is 5.44. The fourth-order valence-corrected chi connectivity index (χ4v) is 5.44. The molecule has 9 heteroatoms. The molecule has 3 saturated heterocycles. The van der Waals surface area contributed by atoms with E-state index in [-0.39, 0.29) is 30.9 Å². The first-order valence-electron chi connectivity index (χ1n) is 11.0. The number of benzene rings is 1. The smallest absolute Gasteiger partial charge is 0.251 e. The molecule has 0 spiro atoms. The van der Waals surface area contributed by atoms with Crippen molar-refractivity contribution in [1.82, 2.24) is 9.80 Å². The van der Waals surface area contributed by atoms with Gasteiger partial charge in [0.1, 0.15) is 5.54 Å². The van der Waals surface area contributed by atoms with Gasteiger partial charge in [0.15, 0.2) is 11.5 Å². The molecule has 3 fully saturated rings. The van der Waals surface area contributed by atoms with Crippen LogP contribution in [-0.2, 0) is 14.4 Å². The van der Waals surface area contributed by atoms with Gasteiger partial charge in [0.2, 0.25) is 18.6 Å². The Morgan fingerprint density at radius 3 is 2.42 bits per heavy atom. The molecule has 1 aromatic rings. The summed E-state index contributed by atoms with van der Waals surface area (Å²) in [7, 11) is 0. The van der Waals surface area contributed by atoms with Crippen molar-refractivity contribution in [1.29, 1.82) is 0 Å². The second-order valence-electron chi connectivity index (χ2n) is 8.80. The summed E-state index contributed by atoms with van der Waals surface area (Å²) in [5.74, 6) is 0.415. The number of nitrogens with zero attached hydrogens (tertiary/aromatic N) is 3. The number of rotatable bonds is 4. The molecule has 4 aliphatic rings. The summed E-state index contributed by atoms with van der Waals surface area (Å²) < 4.78 is 10.7. The van der Waals surface area contributed by atoms with Crippen LogP contribution >= 0.6 is 0 Å². The van der Waals surface area contributed by atoms with E-state index in [2.05, 4.69) is 4.90 Å². The molecular formula is C22H28N4O5. The normalized spacial score (nSPS) is 26.5. The van der Waals surface area contributed by atoms with E-state index in [4.69, 9.17) is 15.2 Å². The molecule has 4 aliphatic heterocycles. The van der Waals surface area contributed by atoms with Gasteiger partial charge in [-0.2, -0.15) is 0 Å². The highest BCUT2D eigenvalue weighted by Crippen LogP contribution is 2.38. The van der Waals surface area contributed by atoms with Gasteiger partial charge in [-0.25, -0.2) is 4.90 Å². The SMILES string of the molecule is NC(=O)C1(N2CCCCC2)CCN([C@H]2CC(=O)N(c3ccc4c(c3)OCO4)C2=O)CC1. The Bertz CT molecular complexity index is 905. The van der Waals surface area contributed by atoms with E-state index in [0.29, 0.717) is 43.1 Å². The van der Waals surface area contributed by atoms with E-state index >= 15 is 0 Å². The maximum absolute atomic E-state index is 13.2. The standard InChI is InChI=1S/C22H28N4O5/c23-21(29)22(25-8-2-1-3-9-25)6-10-24(11-7-22)16-13-19(27)26(20(16)28)15-4-5-17-18(12-15)31-14-30-17/h4-5,12,16H,1-3,6-11,13-14H2,(H2,23,29)/t16-/m0/s1. The summed E-state index contributed by atoms with van der Waals surface area (Å²) in [6.45, 7) is 3.05. The number of primary amides is 1. The van der Waals surface area contributed by atoms with Crippen LogP contribution in [0.25, 0.3) is 0 Å². The number of nitrogens with two attached hydrogens (primary N) is 1. The Morgan fingerprint density at radius 2 is 1.71 bits per heavy atom. The molecule has 5 rings (SSSR count). The van der Waals surface area contributed by atoms with Crippen molar-refractivity contribution >= 4 is 23.4 Å². The molecule has 4 heterocycles. The summed E-state index contributed by atoms with van der Waals surface area (Å²) in [5.41, 5.74) is 5.73. The number of hydrogen-bond acceptors (Lipinski definition) is 7. The number of amides is 3. The lowest BCUT2D eigenvalue weighted by atomic mass is 9.83. The van der Waals surface area contributed by atoms with Crippen molar-refractivity contribution in [3.8, 4) is 11.5 Å². The molecule has 0 aromatic heterocycles. The summed E-state index contributed by atoms with van der Waals surface area (Å²) in [6, 6.07) is 4.58. The van der Waals surface area contributed by atoms with E-state index in [9.17, 15) is 14.4 Å². The van der Waals surface area contributed by atoms with E-state index < -0.39 is 11.6 Å². The molecule has 0 aliphatic carbocycles. The topological polar surface area (TPSA) is 105 Å². The third-order valence-electron chi connectivity index (χ3n) is 7.22. The number of imide groups is 1. The Morgan fingerprint density at radius 1 is 1.00 bits per heavy atom. The molecule has 166 valence electrons. The van der Waals surface area contributed by atoms with Gasteiger partial charge in [0.05, 0.1) is 18.2 Å². The predicted molar refractivity (Wildman–Crippen MR) is 112 cm³/mol. The number of ether oxygens (including phenoxy) is 2. The first-order valence-corrected chi connectivity index (χ1v) is 11.0. The van der Waals surface area contributed by atoms with Crippen LogP contribution < -0.4 is 20.1 Å². The van der Waals surface area contributed by atoms with Crippen LogP contribution in [0.1, 0.15) is 38.5 Å². The minimum Gasteiger partial charge on any atom is -0.454 e. The third-order valence-corrected chi connectivity index (χ3v) is 7.22. The van der Waals surface area contributed by atoms with Gasteiger partial charge in [-0.3, -0.25) is 24.2 Å². The Labute approximate surface area is 181 Å². The van der Waals surface area contributed by atoms with Gasteiger partial charge in [-0.15, -0.1) is 0 Å². The second kappa shape index (κ2) is 7.80. The number of fused-ring (bicyclic) bond motifs is 1. The van der Waals surface area contributed by atoms with Crippen molar-refractivity contribution < 1.29 is 23.9 Å². The Balaban J connectivity index is 1.30. The zero-order valence-electron chi connectivity index (χ0n) is 17.5. The minimum atomic E-state index is -0.639. The van der Waals surface area contributed by atoms with Gasteiger partial charge in [-0.1, -0.05) is 6.42 Å². The first kappa shape index (κ1) is 20.3. The van der Waals surface area contributed by atoms with Gasteiger partial charge >= 0.3 is 0 Å². The van der Waals surface area contributed by atoms with Crippen molar-refractivity contribution in [2.24, 2.45) is 5.73 Å². The van der Waals surface area contributed by atoms with Crippen LogP contribution in [0, 0.1) is 0 Å². The largest absolute Gasteiger partial charge is 0.454 e. The number of likely N-dealkylation sites (tertiary alicyclic amines) is 2. The average Bonchev–Trinajstić information content (AvgIpc) is 3.37. The van der Waals surface area contributed by atoms with Crippen LogP contribution in [0.2, 0.25) is 0 Å². The second-order valence-corrected chi connectivity index (χ2v) is 8.80. The lowest BCUT2D eigenvalue weighted by molar-refractivity contribution is -0.136. The van der Waals surface area contributed by atoms with Crippen LogP contribution in [0.3, 0.4) is 0 Å². The van der Waals surface area contributed by atoms with E-state index in [1.54, 1.807) is 18.2 Å². The number of carbonyl (C=O) groups is 3. The van der Waals surface area contributed by atoms with Crippen molar-refractivity contribution in [3.05, 3.63) is 18.2 Å².